The molecule has 3 N–H and O–H groups in total. The maximum atomic E-state index is 14.4. The maximum Gasteiger partial charge on any atom is 0.329 e. The summed E-state index contributed by atoms with van der Waals surface area (Å²) < 4.78 is 29.4. The number of aliphatic hydroxyl groups excluding tert-OH is 2. The lowest BCUT2D eigenvalue weighted by molar-refractivity contribution is -0.266. The van der Waals surface area contributed by atoms with Crippen LogP contribution >= 0.6 is 0 Å². The molecule has 4 bridgehead atoms. The number of Topliss-reactive ketones (excluding diaryl/α,β-unsaturated/α-hetero) is 3. The number of allylic oxidation sites excluding steroid dienone is 6. The van der Waals surface area contributed by atoms with Gasteiger partial charge in [0.05, 0.1) is 24.4 Å². The SMILES string of the molecule is COC1CC(CC2[C@H]3CCCN4C(=O)C(=O)C5(O)O[C@@H](CCC5C)C[C@H](OC)/C(C)=C/C=C/C=C/C(C)CC(C)C(=O)[C@H](OC)C(O)/C(C)=C/C(C)C(=O)C[C@@H]2OC(=O)C34)CC[C@H]1O. The standard InChI is InChI=1S/C50H75NO13/c1-28-14-11-10-12-15-29(2)40(60-7)26-35-19-17-33(6)50(59,64-35)47(56)48(57)51-21-13-16-36-37(24-34-18-20-38(52)42(25-34)61-8)41(63-49(58)43(36)51)27-39(53)30(3)23-32(5)45(55)46(62-9)44(54)31(4)22-28/h10-12,14-15,23,28,30-31,33-38,40-43,45-46,52,55,59H,13,16-22,24-27H2,1-9H3/b12-10+,14-11+,29-15+,32-23+/t28?,30?,31?,33?,34?,35-,36+,37?,38+,40-,41-,42?,43?,45?,46-,50?/m0/s1. The van der Waals surface area contributed by atoms with Gasteiger partial charge in [0.1, 0.15) is 30.1 Å². The van der Waals surface area contributed by atoms with Gasteiger partial charge < -0.3 is 43.9 Å². The third-order valence-corrected chi connectivity index (χ3v) is 14.9. The Bertz CT molecular complexity index is 1790. The Balaban J connectivity index is 1.51. The van der Waals surface area contributed by atoms with Gasteiger partial charge in [-0.3, -0.25) is 19.2 Å². The van der Waals surface area contributed by atoms with Crippen LogP contribution in [0.1, 0.15) is 112 Å². The van der Waals surface area contributed by atoms with Crippen molar-refractivity contribution in [1.29, 1.82) is 0 Å². The van der Waals surface area contributed by atoms with Crippen molar-refractivity contribution < 1.29 is 63.0 Å². The minimum absolute atomic E-state index is 0.0231. The molecule has 358 valence electrons. The molecule has 0 aromatic carbocycles. The molecule has 4 fully saturated rings. The van der Waals surface area contributed by atoms with Crippen molar-refractivity contribution in [3.63, 3.8) is 0 Å². The normalized spacial score (nSPS) is 43.2. The maximum absolute atomic E-state index is 14.4. The Hall–Kier alpha value is -3.37. The van der Waals surface area contributed by atoms with Crippen molar-refractivity contribution in [2.45, 2.75) is 167 Å². The molecule has 1 amide bonds. The average Bonchev–Trinajstić information content (AvgIpc) is 3.27. The van der Waals surface area contributed by atoms with Crippen molar-refractivity contribution in [3.8, 4) is 0 Å². The van der Waals surface area contributed by atoms with E-state index in [1.54, 1.807) is 41.1 Å². The minimum atomic E-state index is -2.43. The van der Waals surface area contributed by atoms with E-state index >= 15 is 0 Å². The first-order valence-corrected chi connectivity index (χ1v) is 23.5. The summed E-state index contributed by atoms with van der Waals surface area (Å²) in [4.78, 5) is 72.0. The zero-order chi connectivity index (χ0) is 47.0. The number of rotatable bonds is 5. The van der Waals surface area contributed by atoms with Crippen LogP contribution in [-0.4, -0.2) is 132 Å². The van der Waals surface area contributed by atoms with Crippen LogP contribution in [0.25, 0.3) is 0 Å². The molecule has 14 nitrogen and oxygen atoms in total. The highest BCUT2D eigenvalue weighted by Gasteiger charge is 2.57. The Labute approximate surface area is 379 Å². The van der Waals surface area contributed by atoms with E-state index in [2.05, 4.69) is 0 Å². The molecular weight excluding hydrogens is 823 g/mol. The number of carbonyl (C=O) groups is 5. The molecule has 14 heteroatoms. The van der Waals surface area contributed by atoms with Crippen LogP contribution in [0.15, 0.2) is 47.6 Å². The number of ketones is 3. The fourth-order valence-corrected chi connectivity index (χ4v) is 10.9. The van der Waals surface area contributed by atoms with Crippen LogP contribution in [0.2, 0.25) is 0 Å². The molecule has 5 rings (SSSR count). The monoisotopic (exact) mass is 898 g/mol. The summed E-state index contributed by atoms with van der Waals surface area (Å²) >= 11 is 0. The van der Waals surface area contributed by atoms with Gasteiger partial charge in [0.2, 0.25) is 5.79 Å². The lowest BCUT2D eigenvalue weighted by atomic mass is 9.68. The number of aliphatic hydroxyl groups is 3. The Morgan fingerprint density at radius 2 is 1.58 bits per heavy atom. The summed E-state index contributed by atoms with van der Waals surface area (Å²) in [6, 6.07) is -1.12. The third-order valence-electron chi connectivity index (χ3n) is 14.9. The molecule has 1 saturated carbocycles. The van der Waals surface area contributed by atoms with E-state index < -0.39 is 95.7 Å². The largest absolute Gasteiger partial charge is 0.460 e. The van der Waals surface area contributed by atoms with E-state index in [0.29, 0.717) is 69.8 Å². The zero-order valence-electron chi connectivity index (χ0n) is 39.5. The number of carbonyl (C=O) groups excluding carboxylic acids is 5. The van der Waals surface area contributed by atoms with Crippen molar-refractivity contribution in [2.24, 2.45) is 41.4 Å². The molecule has 0 spiro atoms. The first kappa shape index (κ1) is 51.6. The number of ether oxygens (including phenoxy) is 5. The van der Waals surface area contributed by atoms with E-state index in [4.69, 9.17) is 23.7 Å². The van der Waals surface area contributed by atoms with E-state index in [1.807, 2.05) is 51.2 Å². The van der Waals surface area contributed by atoms with E-state index in [0.717, 1.165) is 5.57 Å². The van der Waals surface area contributed by atoms with Gasteiger partial charge in [0, 0.05) is 64.4 Å². The first-order chi connectivity index (χ1) is 30.3. The lowest BCUT2D eigenvalue weighted by Gasteiger charge is -2.50. The number of nitrogens with zero attached hydrogens (tertiary/aromatic N) is 1. The van der Waals surface area contributed by atoms with E-state index in [-0.39, 0.29) is 42.5 Å². The van der Waals surface area contributed by atoms with E-state index in [1.165, 1.54) is 12.0 Å². The van der Waals surface area contributed by atoms with Crippen LogP contribution in [0.5, 0.6) is 0 Å². The van der Waals surface area contributed by atoms with Crippen LogP contribution in [0.4, 0.5) is 0 Å². The van der Waals surface area contributed by atoms with Gasteiger partial charge in [0.15, 0.2) is 5.78 Å². The quantitative estimate of drug-likeness (QED) is 0.181. The molecule has 0 radical (unpaired) electrons. The second kappa shape index (κ2) is 22.9. The molecule has 1 aliphatic carbocycles. The summed E-state index contributed by atoms with van der Waals surface area (Å²) in [5, 5.41) is 34.1. The van der Waals surface area contributed by atoms with Crippen molar-refractivity contribution in [2.75, 3.05) is 27.9 Å². The lowest BCUT2D eigenvalue weighted by Crippen LogP contribution is -2.65. The Morgan fingerprint density at radius 1 is 0.844 bits per heavy atom. The number of hydrogen-bond acceptors (Lipinski definition) is 13. The second-order valence-corrected chi connectivity index (χ2v) is 19.5. The van der Waals surface area contributed by atoms with Crippen LogP contribution in [0.3, 0.4) is 0 Å². The molecule has 3 saturated heterocycles. The fourth-order valence-electron chi connectivity index (χ4n) is 10.9. The molecule has 10 unspecified atom stereocenters. The molecule has 5 aliphatic rings. The summed E-state index contributed by atoms with van der Waals surface area (Å²) in [7, 11) is 4.52. The second-order valence-electron chi connectivity index (χ2n) is 19.5. The van der Waals surface area contributed by atoms with Crippen LogP contribution in [-0.2, 0) is 47.7 Å². The summed E-state index contributed by atoms with van der Waals surface area (Å²) in [6.45, 7) is 10.9. The van der Waals surface area contributed by atoms with Gasteiger partial charge in [-0.25, -0.2) is 4.79 Å². The highest BCUT2D eigenvalue weighted by Crippen LogP contribution is 2.45. The predicted molar refractivity (Wildman–Crippen MR) is 238 cm³/mol. The Morgan fingerprint density at radius 3 is 2.27 bits per heavy atom. The van der Waals surface area contributed by atoms with Crippen molar-refractivity contribution in [1.82, 2.24) is 4.90 Å². The van der Waals surface area contributed by atoms with Crippen LogP contribution < -0.4 is 0 Å². The smallest absolute Gasteiger partial charge is 0.329 e. The molecule has 64 heavy (non-hydrogen) atoms. The number of methoxy groups -OCH3 is 3. The fraction of sp³-hybridized carbons (Fsp3) is 0.740. The first-order valence-electron chi connectivity index (χ1n) is 23.5. The van der Waals surface area contributed by atoms with Gasteiger partial charge >= 0.3 is 5.97 Å². The Kier molecular flexibility index (Phi) is 18.5. The summed E-state index contributed by atoms with van der Waals surface area (Å²) in [6.07, 6.45) is 10.8. The zero-order valence-corrected chi connectivity index (χ0v) is 39.5. The van der Waals surface area contributed by atoms with Crippen molar-refractivity contribution in [3.05, 3.63) is 47.6 Å². The summed E-state index contributed by atoms with van der Waals surface area (Å²) in [5.41, 5.74) is 1.28. The number of fused-ring (bicyclic) bond motifs is 4. The molecule has 4 heterocycles. The summed E-state index contributed by atoms with van der Waals surface area (Å²) in [5.74, 6) is -8.43. The molecule has 0 aromatic heterocycles. The molecule has 0 aromatic rings. The topological polar surface area (TPSA) is 195 Å². The van der Waals surface area contributed by atoms with Gasteiger partial charge in [0.25, 0.3) is 11.7 Å². The predicted octanol–water partition coefficient (Wildman–Crippen LogP) is 5.40. The van der Waals surface area contributed by atoms with Gasteiger partial charge in [-0.05, 0) is 101 Å². The highest BCUT2D eigenvalue weighted by molar-refractivity contribution is 6.39. The molecule has 16 atom stereocenters. The number of hydrogen-bond donors (Lipinski definition) is 3. The number of amides is 1. The molecular formula is C50H75NO13. The average molecular weight is 898 g/mol. The van der Waals surface area contributed by atoms with Crippen molar-refractivity contribution >= 4 is 29.2 Å². The van der Waals surface area contributed by atoms with Gasteiger partial charge in [-0.15, -0.1) is 0 Å². The van der Waals surface area contributed by atoms with Gasteiger partial charge in [-0.2, -0.15) is 0 Å². The van der Waals surface area contributed by atoms with Gasteiger partial charge in [-0.1, -0.05) is 64.2 Å². The third kappa shape index (κ3) is 12.0. The van der Waals surface area contributed by atoms with E-state index in [9.17, 15) is 39.3 Å². The minimum Gasteiger partial charge on any atom is -0.460 e. The highest BCUT2D eigenvalue weighted by atomic mass is 16.6. The number of piperidine rings is 1. The number of esters is 1. The van der Waals surface area contributed by atoms with Crippen LogP contribution in [0, 0.1) is 41.4 Å². The molecule has 4 aliphatic heterocycles.